The lowest BCUT2D eigenvalue weighted by Crippen LogP contribution is -2.43. The maximum Gasteiger partial charge on any atom is 0.227 e. The number of nitrogens with one attached hydrogen (secondary N) is 3. The third-order valence-corrected chi connectivity index (χ3v) is 6.12. The Morgan fingerprint density at radius 3 is 2.48 bits per heavy atom. The van der Waals surface area contributed by atoms with Crippen LogP contribution in [0.25, 0.3) is 10.9 Å². The zero-order chi connectivity index (χ0) is 21.0. The van der Waals surface area contributed by atoms with Gasteiger partial charge in [0.1, 0.15) is 17.4 Å². The first-order chi connectivity index (χ1) is 15.3. The maximum atomic E-state index is 6.34. The first-order valence-electron chi connectivity index (χ1n) is 11.2. The number of ether oxygens (including phenoxy) is 1. The molecule has 3 N–H and O–H groups in total. The molecule has 0 unspecified atom stereocenters. The SMILES string of the molecule is Cc1ccc(OC2CCNCC2)c2nc(Nc3ccc(N4CCNCC4)cc3)ncc12. The second-order valence-corrected chi connectivity index (χ2v) is 8.31. The molecule has 0 amide bonds. The fourth-order valence-electron chi connectivity index (χ4n) is 4.28. The van der Waals surface area contributed by atoms with E-state index in [2.05, 4.69) is 63.1 Å². The minimum atomic E-state index is 0.232. The second kappa shape index (κ2) is 9.08. The third-order valence-electron chi connectivity index (χ3n) is 6.12. The average molecular weight is 419 g/mol. The van der Waals surface area contributed by atoms with Crippen LogP contribution in [0.2, 0.25) is 0 Å². The van der Waals surface area contributed by atoms with Crippen molar-refractivity contribution in [1.29, 1.82) is 0 Å². The van der Waals surface area contributed by atoms with Crippen LogP contribution in [0, 0.1) is 6.92 Å². The van der Waals surface area contributed by atoms with E-state index in [4.69, 9.17) is 9.72 Å². The van der Waals surface area contributed by atoms with Gasteiger partial charge in [0, 0.05) is 49.1 Å². The van der Waals surface area contributed by atoms with Crippen LogP contribution in [0.4, 0.5) is 17.3 Å². The molecule has 0 radical (unpaired) electrons. The molecular weight excluding hydrogens is 388 g/mol. The summed E-state index contributed by atoms with van der Waals surface area (Å²) in [6.45, 7) is 8.24. The Balaban J connectivity index is 1.36. The molecule has 0 saturated carbocycles. The maximum absolute atomic E-state index is 6.34. The first-order valence-corrected chi connectivity index (χ1v) is 11.2. The molecule has 7 nitrogen and oxygen atoms in total. The van der Waals surface area contributed by atoms with Gasteiger partial charge in [0.05, 0.1) is 0 Å². The van der Waals surface area contributed by atoms with Crippen molar-refractivity contribution < 1.29 is 4.74 Å². The Morgan fingerprint density at radius 1 is 0.968 bits per heavy atom. The average Bonchev–Trinajstić information content (AvgIpc) is 2.83. The van der Waals surface area contributed by atoms with Gasteiger partial charge in [0.25, 0.3) is 0 Å². The number of aromatic nitrogens is 2. The Labute approximate surface area is 183 Å². The number of hydrogen-bond acceptors (Lipinski definition) is 7. The van der Waals surface area contributed by atoms with Crippen LogP contribution in [0.3, 0.4) is 0 Å². The number of fused-ring (bicyclic) bond motifs is 1. The summed E-state index contributed by atoms with van der Waals surface area (Å²) in [5.74, 6) is 1.43. The van der Waals surface area contributed by atoms with E-state index in [9.17, 15) is 0 Å². The molecule has 2 aromatic carbocycles. The molecule has 1 aromatic heterocycles. The van der Waals surface area contributed by atoms with Crippen LogP contribution >= 0.6 is 0 Å². The van der Waals surface area contributed by atoms with E-state index in [1.165, 1.54) is 5.69 Å². The van der Waals surface area contributed by atoms with E-state index >= 15 is 0 Å². The van der Waals surface area contributed by atoms with E-state index in [0.29, 0.717) is 5.95 Å². The number of piperidine rings is 1. The molecule has 5 rings (SSSR count). The molecule has 31 heavy (non-hydrogen) atoms. The summed E-state index contributed by atoms with van der Waals surface area (Å²) < 4.78 is 6.34. The lowest BCUT2D eigenvalue weighted by molar-refractivity contribution is 0.164. The van der Waals surface area contributed by atoms with Crippen LogP contribution < -0.4 is 25.6 Å². The molecule has 3 aromatic rings. The quantitative estimate of drug-likeness (QED) is 0.587. The summed E-state index contributed by atoms with van der Waals surface area (Å²) in [7, 11) is 0. The lowest BCUT2D eigenvalue weighted by Gasteiger charge is -2.29. The van der Waals surface area contributed by atoms with Crippen molar-refractivity contribution >= 4 is 28.2 Å². The minimum absolute atomic E-state index is 0.232. The van der Waals surface area contributed by atoms with Gasteiger partial charge in [-0.2, -0.15) is 0 Å². The topological polar surface area (TPSA) is 74.3 Å². The van der Waals surface area contributed by atoms with E-state index in [1.807, 2.05) is 12.3 Å². The number of rotatable bonds is 5. The number of benzene rings is 2. The molecule has 0 bridgehead atoms. The fourth-order valence-corrected chi connectivity index (χ4v) is 4.28. The molecule has 3 heterocycles. The van der Waals surface area contributed by atoms with Gasteiger partial charge in [-0.3, -0.25) is 0 Å². The van der Waals surface area contributed by atoms with Crippen molar-refractivity contribution in [1.82, 2.24) is 20.6 Å². The monoisotopic (exact) mass is 418 g/mol. The van der Waals surface area contributed by atoms with E-state index in [-0.39, 0.29) is 6.10 Å². The summed E-state index contributed by atoms with van der Waals surface area (Å²) in [6.07, 6.45) is 4.16. The highest BCUT2D eigenvalue weighted by Gasteiger charge is 2.17. The van der Waals surface area contributed by atoms with Crippen molar-refractivity contribution in [2.75, 3.05) is 49.5 Å². The zero-order valence-corrected chi connectivity index (χ0v) is 18.0. The van der Waals surface area contributed by atoms with Crippen molar-refractivity contribution in [3.8, 4) is 5.75 Å². The number of nitrogens with zero attached hydrogens (tertiary/aromatic N) is 3. The van der Waals surface area contributed by atoms with Crippen molar-refractivity contribution in [2.24, 2.45) is 0 Å². The van der Waals surface area contributed by atoms with Crippen LogP contribution in [0.1, 0.15) is 18.4 Å². The van der Waals surface area contributed by atoms with Crippen molar-refractivity contribution in [3.05, 3.63) is 48.2 Å². The number of hydrogen-bond donors (Lipinski definition) is 3. The van der Waals surface area contributed by atoms with Gasteiger partial charge in [-0.1, -0.05) is 6.07 Å². The van der Waals surface area contributed by atoms with Crippen LogP contribution in [0.15, 0.2) is 42.6 Å². The highest BCUT2D eigenvalue weighted by molar-refractivity contribution is 5.87. The summed E-state index contributed by atoms with van der Waals surface area (Å²) in [5.41, 5.74) is 4.25. The predicted molar refractivity (Wildman–Crippen MR) is 126 cm³/mol. The number of anilines is 3. The number of piperazine rings is 1. The summed E-state index contributed by atoms with van der Waals surface area (Å²) in [5, 5.41) is 11.2. The minimum Gasteiger partial charge on any atom is -0.488 e. The predicted octanol–water partition coefficient (Wildman–Crippen LogP) is 3.22. The van der Waals surface area contributed by atoms with E-state index < -0.39 is 0 Å². The molecule has 0 aliphatic carbocycles. The fraction of sp³-hybridized carbons (Fsp3) is 0.417. The third kappa shape index (κ3) is 4.57. The van der Waals surface area contributed by atoms with Gasteiger partial charge >= 0.3 is 0 Å². The highest BCUT2D eigenvalue weighted by atomic mass is 16.5. The molecule has 0 atom stereocenters. The van der Waals surface area contributed by atoms with Gasteiger partial charge in [0.15, 0.2) is 0 Å². The molecule has 7 heteroatoms. The van der Waals surface area contributed by atoms with E-state index in [0.717, 1.165) is 80.0 Å². The van der Waals surface area contributed by atoms with Gasteiger partial charge in [0.2, 0.25) is 5.95 Å². The lowest BCUT2D eigenvalue weighted by atomic mass is 10.1. The van der Waals surface area contributed by atoms with Gasteiger partial charge in [-0.15, -0.1) is 0 Å². The summed E-state index contributed by atoms with van der Waals surface area (Å²) in [6, 6.07) is 12.6. The summed E-state index contributed by atoms with van der Waals surface area (Å²) >= 11 is 0. The second-order valence-electron chi connectivity index (χ2n) is 8.31. The Kier molecular flexibility index (Phi) is 5.86. The first kappa shape index (κ1) is 20.0. The van der Waals surface area contributed by atoms with Crippen LogP contribution in [-0.4, -0.2) is 55.3 Å². The van der Waals surface area contributed by atoms with Crippen molar-refractivity contribution in [3.63, 3.8) is 0 Å². The molecule has 0 spiro atoms. The molecule has 2 fully saturated rings. The van der Waals surface area contributed by atoms with Gasteiger partial charge < -0.3 is 25.6 Å². The molecular formula is C24H30N6O. The normalized spacial score (nSPS) is 17.6. The molecule has 2 aliphatic rings. The summed E-state index contributed by atoms with van der Waals surface area (Å²) in [4.78, 5) is 11.8. The largest absolute Gasteiger partial charge is 0.488 e. The van der Waals surface area contributed by atoms with Crippen LogP contribution in [-0.2, 0) is 0 Å². The molecule has 2 saturated heterocycles. The van der Waals surface area contributed by atoms with Crippen molar-refractivity contribution in [2.45, 2.75) is 25.9 Å². The van der Waals surface area contributed by atoms with Gasteiger partial charge in [-0.25, -0.2) is 9.97 Å². The van der Waals surface area contributed by atoms with Crippen LogP contribution in [0.5, 0.6) is 5.75 Å². The Hall–Kier alpha value is -2.90. The zero-order valence-electron chi connectivity index (χ0n) is 18.0. The Bertz CT molecular complexity index is 1030. The molecule has 162 valence electrons. The highest BCUT2D eigenvalue weighted by Crippen LogP contribution is 2.30. The van der Waals surface area contributed by atoms with E-state index in [1.54, 1.807) is 0 Å². The Morgan fingerprint density at radius 2 is 1.71 bits per heavy atom. The molecule has 2 aliphatic heterocycles. The smallest absolute Gasteiger partial charge is 0.227 e. The van der Waals surface area contributed by atoms with Gasteiger partial charge in [-0.05, 0) is 68.8 Å². The standard InChI is InChI=1S/C24H30N6O/c1-17-2-7-22(31-20-8-10-25-11-9-20)23-21(17)16-27-24(29-23)28-18-3-5-19(6-4-18)30-14-12-26-13-15-30/h2-7,16,20,25-26H,8-15H2,1H3,(H,27,28,29). The number of aryl methyl sites for hydroxylation is 1.